The molecule has 0 aliphatic carbocycles. The summed E-state index contributed by atoms with van der Waals surface area (Å²) in [5.41, 5.74) is 2.24. The molecule has 19 heavy (non-hydrogen) atoms. The van der Waals surface area contributed by atoms with Crippen molar-refractivity contribution in [1.82, 2.24) is 0 Å². The molecular formula is C16H16Cl2O. The molecule has 1 unspecified atom stereocenters. The number of hydrogen-bond acceptors (Lipinski definition) is 1. The molecule has 0 radical (unpaired) electrons. The summed E-state index contributed by atoms with van der Waals surface area (Å²) >= 11 is 12.4. The third kappa shape index (κ3) is 3.89. The average Bonchev–Trinajstić information content (AvgIpc) is 2.46. The van der Waals surface area contributed by atoms with Gasteiger partial charge in [0.05, 0.1) is 12.5 Å². The molecular weight excluding hydrogens is 279 g/mol. The minimum absolute atomic E-state index is 0.00453. The van der Waals surface area contributed by atoms with Crippen LogP contribution >= 0.6 is 23.2 Å². The van der Waals surface area contributed by atoms with E-state index in [1.165, 1.54) is 0 Å². The van der Waals surface area contributed by atoms with E-state index >= 15 is 0 Å². The van der Waals surface area contributed by atoms with Crippen LogP contribution in [0.5, 0.6) is 5.75 Å². The molecule has 0 aliphatic rings. The summed E-state index contributed by atoms with van der Waals surface area (Å²) < 4.78 is 5.34. The van der Waals surface area contributed by atoms with Gasteiger partial charge in [0.2, 0.25) is 0 Å². The average molecular weight is 295 g/mol. The lowest BCUT2D eigenvalue weighted by Crippen LogP contribution is -1.96. The second-order valence-corrected chi connectivity index (χ2v) is 5.34. The van der Waals surface area contributed by atoms with E-state index in [0.29, 0.717) is 0 Å². The molecule has 0 saturated carbocycles. The summed E-state index contributed by atoms with van der Waals surface area (Å²) in [6.45, 7) is 0. The summed E-state index contributed by atoms with van der Waals surface area (Å²) in [6, 6.07) is 15.8. The normalized spacial score (nSPS) is 12.2. The second-order valence-electron chi connectivity index (χ2n) is 4.37. The zero-order chi connectivity index (χ0) is 13.7. The van der Waals surface area contributed by atoms with Gasteiger partial charge in [0, 0.05) is 5.02 Å². The number of hydrogen-bond donors (Lipinski definition) is 0. The molecule has 2 rings (SSSR count). The minimum atomic E-state index is 0.00453. The maximum absolute atomic E-state index is 6.42. The van der Waals surface area contributed by atoms with Crippen molar-refractivity contribution in [2.75, 3.05) is 7.11 Å². The maximum Gasteiger partial charge on any atom is 0.122 e. The van der Waals surface area contributed by atoms with Crippen LogP contribution in [-0.2, 0) is 6.42 Å². The van der Waals surface area contributed by atoms with Crippen LogP contribution in [0.1, 0.15) is 22.9 Å². The molecule has 0 saturated heterocycles. The van der Waals surface area contributed by atoms with Crippen LogP contribution in [0.15, 0.2) is 48.5 Å². The molecule has 100 valence electrons. The Kier molecular flexibility index (Phi) is 5.12. The first kappa shape index (κ1) is 14.2. The van der Waals surface area contributed by atoms with Crippen molar-refractivity contribution in [1.29, 1.82) is 0 Å². The molecule has 0 amide bonds. The number of alkyl halides is 1. The van der Waals surface area contributed by atoms with E-state index in [1.54, 1.807) is 7.11 Å². The van der Waals surface area contributed by atoms with Gasteiger partial charge < -0.3 is 4.74 Å². The van der Waals surface area contributed by atoms with Crippen LogP contribution in [0.4, 0.5) is 0 Å². The van der Waals surface area contributed by atoms with Gasteiger partial charge in [-0.2, -0.15) is 0 Å². The van der Waals surface area contributed by atoms with Gasteiger partial charge in [0.15, 0.2) is 0 Å². The molecule has 0 bridgehead atoms. The van der Waals surface area contributed by atoms with Crippen molar-refractivity contribution in [3.8, 4) is 5.75 Å². The minimum Gasteiger partial charge on any atom is -0.496 e. The number of rotatable bonds is 5. The number of aryl methyl sites for hydroxylation is 1. The maximum atomic E-state index is 6.42. The summed E-state index contributed by atoms with van der Waals surface area (Å²) in [4.78, 5) is 0. The summed E-state index contributed by atoms with van der Waals surface area (Å²) in [5.74, 6) is 0.862. The Morgan fingerprint density at radius 3 is 2.53 bits per heavy atom. The Morgan fingerprint density at radius 2 is 1.84 bits per heavy atom. The lowest BCUT2D eigenvalue weighted by Gasteiger charge is -2.12. The molecule has 0 fully saturated rings. The predicted molar refractivity (Wildman–Crippen MR) is 81.4 cm³/mol. The highest BCUT2D eigenvalue weighted by Gasteiger charge is 2.10. The quantitative estimate of drug-likeness (QED) is 0.683. The third-order valence-corrected chi connectivity index (χ3v) is 3.78. The van der Waals surface area contributed by atoms with Crippen LogP contribution in [0, 0.1) is 0 Å². The molecule has 1 nitrogen and oxygen atoms in total. The van der Waals surface area contributed by atoms with E-state index in [4.69, 9.17) is 27.9 Å². The fourth-order valence-corrected chi connectivity index (χ4v) is 2.50. The highest BCUT2D eigenvalue weighted by atomic mass is 35.5. The van der Waals surface area contributed by atoms with Gasteiger partial charge in [-0.1, -0.05) is 41.9 Å². The first-order chi connectivity index (χ1) is 9.20. The summed E-state index contributed by atoms with van der Waals surface area (Å²) in [6.07, 6.45) is 1.69. The van der Waals surface area contributed by atoms with Crippen molar-refractivity contribution in [3.05, 3.63) is 64.7 Å². The van der Waals surface area contributed by atoms with Gasteiger partial charge in [0.25, 0.3) is 0 Å². The van der Waals surface area contributed by atoms with E-state index in [2.05, 4.69) is 0 Å². The lowest BCUT2D eigenvalue weighted by molar-refractivity contribution is 0.409. The summed E-state index contributed by atoms with van der Waals surface area (Å²) in [7, 11) is 1.67. The molecule has 0 aliphatic heterocycles. The van der Waals surface area contributed by atoms with Gasteiger partial charge in [-0.05, 0) is 42.2 Å². The van der Waals surface area contributed by atoms with Crippen molar-refractivity contribution in [3.63, 3.8) is 0 Å². The van der Waals surface area contributed by atoms with Crippen molar-refractivity contribution in [2.45, 2.75) is 18.2 Å². The summed E-state index contributed by atoms with van der Waals surface area (Å²) in [5, 5.41) is 0.728. The third-order valence-electron chi connectivity index (χ3n) is 3.07. The van der Waals surface area contributed by atoms with E-state index in [1.807, 2.05) is 48.5 Å². The van der Waals surface area contributed by atoms with Gasteiger partial charge >= 0.3 is 0 Å². The molecule has 0 spiro atoms. The van der Waals surface area contributed by atoms with Gasteiger partial charge in [-0.15, -0.1) is 11.6 Å². The first-order valence-corrected chi connectivity index (χ1v) is 7.03. The molecule has 0 heterocycles. The number of ether oxygens (including phenoxy) is 1. The van der Waals surface area contributed by atoms with Crippen molar-refractivity contribution in [2.24, 2.45) is 0 Å². The topological polar surface area (TPSA) is 9.23 Å². The van der Waals surface area contributed by atoms with E-state index < -0.39 is 0 Å². The Balaban J connectivity index is 2.04. The van der Waals surface area contributed by atoms with Crippen LogP contribution in [-0.4, -0.2) is 7.11 Å². The molecule has 0 N–H and O–H groups in total. The van der Waals surface area contributed by atoms with Crippen LogP contribution in [0.3, 0.4) is 0 Å². The predicted octanol–water partition coefficient (Wildman–Crippen LogP) is 5.26. The second kappa shape index (κ2) is 6.83. The zero-order valence-corrected chi connectivity index (χ0v) is 12.3. The molecule has 0 aromatic heterocycles. The van der Waals surface area contributed by atoms with E-state index in [-0.39, 0.29) is 5.38 Å². The van der Waals surface area contributed by atoms with Crippen molar-refractivity contribution >= 4 is 23.2 Å². The number of methoxy groups -OCH3 is 1. The molecule has 2 aromatic carbocycles. The zero-order valence-electron chi connectivity index (χ0n) is 10.8. The van der Waals surface area contributed by atoms with Crippen LogP contribution in [0.2, 0.25) is 5.02 Å². The molecule has 1 atom stereocenters. The highest BCUT2D eigenvalue weighted by Crippen LogP contribution is 2.29. The van der Waals surface area contributed by atoms with E-state index in [0.717, 1.165) is 34.7 Å². The van der Waals surface area contributed by atoms with Crippen LogP contribution < -0.4 is 4.74 Å². The van der Waals surface area contributed by atoms with Crippen LogP contribution in [0.25, 0.3) is 0 Å². The monoisotopic (exact) mass is 294 g/mol. The highest BCUT2D eigenvalue weighted by molar-refractivity contribution is 6.30. The largest absolute Gasteiger partial charge is 0.496 e. The van der Waals surface area contributed by atoms with Crippen molar-refractivity contribution < 1.29 is 4.74 Å². The molecule has 3 heteroatoms. The Bertz CT molecular complexity index is 526. The fourth-order valence-electron chi connectivity index (χ4n) is 2.05. The van der Waals surface area contributed by atoms with E-state index in [9.17, 15) is 0 Å². The Morgan fingerprint density at radius 1 is 1.11 bits per heavy atom. The Labute approximate surface area is 124 Å². The van der Waals surface area contributed by atoms with Gasteiger partial charge in [0.1, 0.15) is 5.75 Å². The SMILES string of the molecule is COc1ccc(Cl)cc1CCC(Cl)c1ccccc1. The van der Waals surface area contributed by atoms with Gasteiger partial charge in [-0.3, -0.25) is 0 Å². The fraction of sp³-hybridized carbons (Fsp3) is 0.250. The number of benzene rings is 2. The smallest absolute Gasteiger partial charge is 0.122 e. The number of halogens is 2. The lowest BCUT2D eigenvalue weighted by atomic mass is 10.0. The first-order valence-electron chi connectivity index (χ1n) is 6.22. The molecule has 2 aromatic rings. The van der Waals surface area contributed by atoms with Gasteiger partial charge in [-0.25, -0.2) is 0 Å². The standard InChI is InChI=1S/C16H16Cl2O/c1-19-16-10-8-14(17)11-13(16)7-9-15(18)12-5-3-2-4-6-12/h2-6,8,10-11,15H,7,9H2,1H3. The Hall–Kier alpha value is -1.18.